The molecule has 1 aromatic rings. The van der Waals surface area contributed by atoms with Crippen molar-refractivity contribution < 1.29 is 4.74 Å². The molecule has 1 atom stereocenters. The molecule has 3 heteroatoms. The number of benzene rings is 1. The van der Waals surface area contributed by atoms with Gasteiger partial charge in [-0.05, 0) is 42.4 Å². The molecule has 0 saturated carbocycles. The van der Waals surface area contributed by atoms with Crippen molar-refractivity contribution in [2.45, 2.75) is 18.9 Å². The fourth-order valence-electron chi connectivity index (χ4n) is 1.96. The summed E-state index contributed by atoms with van der Waals surface area (Å²) in [6, 6.07) is 6.52. The lowest BCUT2D eigenvalue weighted by molar-refractivity contribution is 0.343. The monoisotopic (exact) mass is 223 g/mol. The van der Waals surface area contributed by atoms with Crippen molar-refractivity contribution in [2.75, 3.05) is 18.6 Å². The quantitative estimate of drug-likeness (QED) is 0.796. The van der Waals surface area contributed by atoms with Crippen LogP contribution in [-0.4, -0.2) is 18.6 Å². The fourth-order valence-corrected chi connectivity index (χ4v) is 2.21. The molecule has 82 valence electrons. The number of nitrogens with two attached hydrogens (primary N) is 1. The Hall–Kier alpha value is -0.670. The second-order valence-corrected chi connectivity index (χ2v) is 4.83. The minimum Gasteiger partial charge on any atom is -0.493 e. The lowest BCUT2D eigenvalue weighted by Crippen LogP contribution is -2.05. The smallest absolute Gasteiger partial charge is 0.119 e. The van der Waals surface area contributed by atoms with Gasteiger partial charge >= 0.3 is 0 Å². The van der Waals surface area contributed by atoms with Crippen LogP contribution in [0.2, 0.25) is 0 Å². The van der Waals surface area contributed by atoms with Crippen LogP contribution in [0, 0.1) is 0 Å². The summed E-state index contributed by atoms with van der Waals surface area (Å²) in [5.74, 6) is 2.02. The summed E-state index contributed by atoms with van der Waals surface area (Å²) in [4.78, 5) is 0. The van der Waals surface area contributed by atoms with Crippen molar-refractivity contribution >= 4 is 11.8 Å². The molecule has 1 aliphatic carbocycles. The molecule has 15 heavy (non-hydrogen) atoms. The maximum Gasteiger partial charge on any atom is 0.119 e. The standard InChI is InChI=1S/C12H17NOS/c1-15-7-6-14-10-3-4-11-9(8-10)2-5-12(11)13/h3-4,8,12H,2,5-7,13H2,1H3. The van der Waals surface area contributed by atoms with Crippen molar-refractivity contribution in [3.63, 3.8) is 0 Å². The van der Waals surface area contributed by atoms with E-state index in [0.29, 0.717) is 0 Å². The van der Waals surface area contributed by atoms with Crippen molar-refractivity contribution in [1.29, 1.82) is 0 Å². The molecule has 2 N–H and O–H groups in total. The predicted molar refractivity (Wildman–Crippen MR) is 65.6 cm³/mol. The average molecular weight is 223 g/mol. The minimum atomic E-state index is 0.236. The molecule has 0 saturated heterocycles. The molecule has 2 nitrogen and oxygen atoms in total. The Morgan fingerprint density at radius 2 is 2.40 bits per heavy atom. The Morgan fingerprint density at radius 3 is 3.20 bits per heavy atom. The van der Waals surface area contributed by atoms with Gasteiger partial charge < -0.3 is 10.5 Å². The number of rotatable bonds is 4. The zero-order chi connectivity index (χ0) is 10.7. The highest BCUT2D eigenvalue weighted by atomic mass is 32.2. The van der Waals surface area contributed by atoms with E-state index in [0.717, 1.165) is 31.0 Å². The summed E-state index contributed by atoms with van der Waals surface area (Å²) in [6.45, 7) is 0.784. The maximum atomic E-state index is 5.97. The molecule has 0 heterocycles. The number of aryl methyl sites for hydroxylation is 1. The Balaban J connectivity index is 2.03. The van der Waals surface area contributed by atoms with E-state index in [1.807, 2.05) is 6.07 Å². The highest BCUT2D eigenvalue weighted by Gasteiger charge is 2.18. The van der Waals surface area contributed by atoms with Crippen molar-refractivity contribution in [3.8, 4) is 5.75 Å². The van der Waals surface area contributed by atoms with Crippen molar-refractivity contribution in [2.24, 2.45) is 5.73 Å². The topological polar surface area (TPSA) is 35.2 Å². The summed E-state index contributed by atoms with van der Waals surface area (Å²) in [6.07, 6.45) is 4.25. The highest BCUT2D eigenvalue weighted by molar-refractivity contribution is 7.98. The first kappa shape index (κ1) is 10.8. The number of hydrogen-bond donors (Lipinski definition) is 1. The van der Waals surface area contributed by atoms with Gasteiger partial charge in [0.2, 0.25) is 0 Å². The van der Waals surface area contributed by atoms with Gasteiger partial charge in [-0.2, -0.15) is 11.8 Å². The van der Waals surface area contributed by atoms with Crippen LogP contribution >= 0.6 is 11.8 Å². The van der Waals surface area contributed by atoms with Gasteiger partial charge in [0, 0.05) is 11.8 Å². The van der Waals surface area contributed by atoms with E-state index in [-0.39, 0.29) is 6.04 Å². The third-order valence-corrected chi connectivity index (χ3v) is 3.37. The molecule has 1 aromatic carbocycles. The summed E-state index contributed by atoms with van der Waals surface area (Å²) in [5, 5.41) is 0. The lowest BCUT2D eigenvalue weighted by atomic mass is 10.1. The van der Waals surface area contributed by atoms with E-state index >= 15 is 0 Å². The molecule has 0 amide bonds. The largest absolute Gasteiger partial charge is 0.493 e. The molecule has 1 aliphatic rings. The van der Waals surface area contributed by atoms with E-state index in [4.69, 9.17) is 10.5 Å². The first-order valence-electron chi connectivity index (χ1n) is 5.31. The van der Waals surface area contributed by atoms with E-state index in [2.05, 4.69) is 18.4 Å². The van der Waals surface area contributed by atoms with Gasteiger partial charge in [0.15, 0.2) is 0 Å². The van der Waals surface area contributed by atoms with Gasteiger partial charge in [-0.25, -0.2) is 0 Å². The lowest BCUT2D eigenvalue weighted by Gasteiger charge is -2.08. The van der Waals surface area contributed by atoms with Crippen LogP contribution < -0.4 is 10.5 Å². The molecular formula is C12H17NOS. The Morgan fingerprint density at radius 1 is 1.53 bits per heavy atom. The summed E-state index contributed by atoms with van der Waals surface area (Å²) < 4.78 is 5.65. The highest BCUT2D eigenvalue weighted by Crippen LogP contribution is 2.31. The van der Waals surface area contributed by atoms with E-state index in [1.165, 1.54) is 11.1 Å². The predicted octanol–water partition coefficient (Wildman–Crippen LogP) is 2.37. The second kappa shape index (κ2) is 4.90. The summed E-state index contributed by atoms with van der Waals surface area (Å²) >= 11 is 1.80. The molecule has 0 radical (unpaired) electrons. The maximum absolute atomic E-state index is 5.97. The van der Waals surface area contributed by atoms with Crippen LogP contribution in [0.15, 0.2) is 18.2 Å². The van der Waals surface area contributed by atoms with Gasteiger partial charge in [-0.1, -0.05) is 6.07 Å². The van der Waals surface area contributed by atoms with E-state index < -0.39 is 0 Å². The normalized spacial score (nSPS) is 18.9. The molecule has 0 aliphatic heterocycles. The number of thioether (sulfide) groups is 1. The molecule has 0 aromatic heterocycles. The second-order valence-electron chi connectivity index (χ2n) is 3.85. The van der Waals surface area contributed by atoms with Crippen molar-refractivity contribution in [3.05, 3.63) is 29.3 Å². The minimum absolute atomic E-state index is 0.236. The van der Waals surface area contributed by atoms with Gasteiger partial charge in [0.25, 0.3) is 0 Å². The van der Waals surface area contributed by atoms with Crippen LogP contribution in [0.25, 0.3) is 0 Å². The number of ether oxygens (including phenoxy) is 1. The van der Waals surface area contributed by atoms with Gasteiger partial charge in [0.1, 0.15) is 5.75 Å². The third kappa shape index (κ3) is 2.47. The Labute approximate surface area is 95.2 Å². The first-order chi connectivity index (χ1) is 7.31. The summed E-state index contributed by atoms with van der Waals surface area (Å²) in [7, 11) is 0. The molecule has 0 spiro atoms. The van der Waals surface area contributed by atoms with Crippen LogP contribution in [-0.2, 0) is 6.42 Å². The van der Waals surface area contributed by atoms with Crippen molar-refractivity contribution in [1.82, 2.24) is 0 Å². The molecule has 0 bridgehead atoms. The third-order valence-electron chi connectivity index (χ3n) is 2.79. The SMILES string of the molecule is CSCCOc1ccc2c(c1)CCC2N. The molecule has 2 rings (SSSR count). The summed E-state index contributed by atoms with van der Waals surface area (Å²) in [5.41, 5.74) is 8.64. The van der Waals surface area contributed by atoms with E-state index in [1.54, 1.807) is 11.8 Å². The van der Waals surface area contributed by atoms with Crippen LogP contribution in [0.1, 0.15) is 23.6 Å². The zero-order valence-corrected chi connectivity index (χ0v) is 9.85. The van der Waals surface area contributed by atoms with Crippen LogP contribution in [0.5, 0.6) is 5.75 Å². The van der Waals surface area contributed by atoms with Gasteiger partial charge in [0.05, 0.1) is 6.61 Å². The van der Waals surface area contributed by atoms with Gasteiger partial charge in [-0.15, -0.1) is 0 Å². The van der Waals surface area contributed by atoms with Crippen LogP contribution in [0.3, 0.4) is 0 Å². The zero-order valence-electron chi connectivity index (χ0n) is 9.03. The number of fused-ring (bicyclic) bond motifs is 1. The fraction of sp³-hybridized carbons (Fsp3) is 0.500. The molecular weight excluding hydrogens is 206 g/mol. The Bertz CT molecular complexity index is 340. The molecule has 1 unspecified atom stereocenters. The Kier molecular flexibility index (Phi) is 3.54. The molecule has 0 fully saturated rings. The number of hydrogen-bond acceptors (Lipinski definition) is 3. The van der Waals surface area contributed by atoms with Crippen LogP contribution in [0.4, 0.5) is 0 Å². The van der Waals surface area contributed by atoms with Gasteiger partial charge in [-0.3, -0.25) is 0 Å². The first-order valence-corrected chi connectivity index (χ1v) is 6.71. The van der Waals surface area contributed by atoms with E-state index in [9.17, 15) is 0 Å². The average Bonchev–Trinajstić information content (AvgIpc) is 2.61.